The van der Waals surface area contributed by atoms with Crippen molar-refractivity contribution in [2.75, 3.05) is 0 Å². The molecule has 142 valence electrons. The average Bonchev–Trinajstić information content (AvgIpc) is 3.17. The summed E-state index contributed by atoms with van der Waals surface area (Å²) in [6.45, 7) is 0. The molecule has 0 radical (unpaired) electrons. The summed E-state index contributed by atoms with van der Waals surface area (Å²) in [6.07, 6.45) is 1.89. The Kier molecular flexibility index (Phi) is 3.77. The lowest BCUT2D eigenvalue weighted by Gasteiger charge is -2.13. The fraction of sp³-hybridized carbons (Fsp3) is 0.0833. The van der Waals surface area contributed by atoms with Gasteiger partial charge < -0.3 is 4.57 Å². The van der Waals surface area contributed by atoms with Gasteiger partial charge in [-0.25, -0.2) is 4.79 Å². The monoisotopic (exact) mass is 381 g/mol. The molecule has 0 spiro atoms. The summed E-state index contributed by atoms with van der Waals surface area (Å²) < 4.78 is 4.73. The van der Waals surface area contributed by atoms with Gasteiger partial charge >= 0.3 is 5.69 Å². The molecule has 5 heteroatoms. The van der Waals surface area contributed by atoms with Gasteiger partial charge in [-0.3, -0.25) is 13.9 Å². The SMILES string of the molecule is Cn1c(=O)c2c(-c3ccccc3)n(-c3cccc4ccccc34)cc2n(C)c1=O. The number of rotatable bonds is 2. The van der Waals surface area contributed by atoms with Crippen LogP contribution in [0.4, 0.5) is 0 Å². The standard InChI is InChI=1S/C24H19N3O2/c1-25-20-15-27(19-14-8-12-16-9-6-7-13-18(16)19)22(17-10-4-3-5-11-17)21(20)23(28)26(2)24(25)29/h3-15H,1-2H3. The molecular formula is C24H19N3O2. The number of aromatic nitrogens is 3. The number of fused-ring (bicyclic) bond motifs is 2. The Bertz CT molecular complexity index is 1500. The second-order valence-electron chi connectivity index (χ2n) is 7.18. The average molecular weight is 381 g/mol. The van der Waals surface area contributed by atoms with Crippen LogP contribution in [0.5, 0.6) is 0 Å². The first-order valence-electron chi connectivity index (χ1n) is 9.42. The molecule has 0 aliphatic rings. The molecule has 2 heterocycles. The molecule has 5 aromatic rings. The van der Waals surface area contributed by atoms with Crippen molar-refractivity contribution in [3.63, 3.8) is 0 Å². The lowest BCUT2D eigenvalue weighted by molar-refractivity contribution is 0.714. The van der Waals surface area contributed by atoms with Gasteiger partial charge in [-0.2, -0.15) is 0 Å². The first-order valence-corrected chi connectivity index (χ1v) is 9.42. The summed E-state index contributed by atoms with van der Waals surface area (Å²) >= 11 is 0. The topological polar surface area (TPSA) is 48.9 Å². The van der Waals surface area contributed by atoms with Crippen LogP contribution in [0.1, 0.15) is 0 Å². The van der Waals surface area contributed by atoms with Crippen LogP contribution < -0.4 is 11.2 Å². The van der Waals surface area contributed by atoms with Crippen LogP contribution >= 0.6 is 0 Å². The normalized spacial score (nSPS) is 11.4. The van der Waals surface area contributed by atoms with E-state index in [4.69, 9.17) is 0 Å². The zero-order valence-electron chi connectivity index (χ0n) is 16.2. The van der Waals surface area contributed by atoms with E-state index in [9.17, 15) is 9.59 Å². The molecule has 2 aromatic heterocycles. The number of nitrogens with zero attached hydrogens (tertiary/aromatic N) is 3. The highest BCUT2D eigenvalue weighted by molar-refractivity contribution is 5.98. The van der Waals surface area contributed by atoms with E-state index in [1.807, 2.05) is 65.4 Å². The number of hydrogen-bond donors (Lipinski definition) is 0. The van der Waals surface area contributed by atoms with Crippen molar-refractivity contribution in [3.05, 3.63) is 99.8 Å². The molecule has 0 bridgehead atoms. The van der Waals surface area contributed by atoms with E-state index in [1.165, 1.54) is 16.2 Å². The van der Waals surface area contributed by atoms with E-state index in [1.54, 1.807) is 7.05 Å². The lowest BCUT2D eigenvalue weighted by Crippen LogP contribution is -2.36. The highest BCUT2D eigenvalue weighted by Crippen LogP contribution is 2.33. The van der Waals surface area contributed by atoms with Gasteiger partial charge in [0.2, 0.25) is 0 Å². The van der Waals surface area contributed by atoms with Crippen LogP contribution in [0.15, 0.2) is 88.6 Å². The molecule has 3 aromatic carbocycles. The minimum absolute atomic E-state index is 0.291. The minimum atomic E-state index is -0.336. The molecule has 0 atom stereocenters. The number of hydrogen-bond acceptors (Lipinski definition) is 2. The maximum atomic E-state index is 13.1. The third-order valence-corrected chi connectivity index (χ3v) is 5.51. The quantitative estimate of drug-likeness (QED) is 0.466. The maximum absolute atomic E-state index is 13.1. The van der Waals surface area contributed by atoms with Crippen molar-refractivity contribution in [2.24, 2.45) is 14.1 Å². The van der Waals surface area contributed by atoms with Crippen molar-refractivity contribution in [3.8, 4) is 16.9 Å². The van der Waals surface area contributed by atoms with Gasteiger partial charge in [0.05, 0.1) is 22.3 Å². The van der Waals surface area contributed by atoms with Crippen molar-refractivity contribution in [1.82, 2.24) is 13.7 Å². The third kappa shape index (κ3) is 2.48. The summed E-state index contributed by atoms with van der Waals surface area (Å²) in [6, 6.07) is 24.1. The smallest absolute Gasteiger partial charge is 0.313 e. The third-order valence-electron chi connectivity index (χ3n) is 5.51. The number of aryl methyl sites for hydroxylation is 1. The molecular weight excluding hydrogens is 362 g/mol. The summed E-state index contributed by atoms with van der Waals surface area (Å²) in [7, 11) is 3.22. The molecule has 0 amide bonds. The highest BCUT2D eigenvalue weighted by atomic mass is 16.2. The molecule has 0 fully saturated rings. The molecule has 0 saturated heterocycles. The Morgan fingerprint density at radius 3 is 2.21 bits per heavy atom. The molecule has 29 heavy (non-hydrogen) atoms. The summed E-state index contributed by atoms with van der Waals surface area (Å²) in [4.78, 5) is 25.7. The van der Waals surface area contributed by atoms with Gasteiger partial charge in [-0.15, -0.1) is 0 Å². The van der Waals surface area contributed by atoms with Gasteiger partial charge in [-0.1, -0.05) is 66.7 Å². The van der Waals surface area contributed by atoms with E-state index in [2.05, 4.69) is 18.2 Å². The van der Waals surface area contributed by atoms with Crippen LogP contribution in [0.3, 0.4) is 0 Å². The van der Waals surface area contributed by atoms with Crippen LogP contribution in [-0.4, -0.2) is 13.7 Å². The van der Waals surface area contributed by atoms with E-state index in [0.717, 1.165) is 27.7 Å². The molecule has 5 nitrogen and oxygen atoms in total. The summed E-state index contributed by atoms with van der Waals surface area (Å²) in [5, 5.41) is 2.73. The van der Waals surface area contributed by atoms with E-state index < -0.39 is 0 Å². The highest BCUT2D eigenvalue weighted by Gasteiger charge is 2.20. The largest absolute Gasteiger partial charge is 0.330 e. The Labute approximate surface area is 166 Å². The fourth-order valence-electron chi connectivity index (χ4n) is 4.03. The number of benzene rings is 3. The zero-order chi connectivity index (χ0) is 20.1. The van der Waals surface area contributed by atoms with E-state index >= 15 is 0 Å². The van der Waals surface area contributed by atoms with Gasteiger partial charge in [-0.05, 0) is 17.0 Å². The Balaban J connectivity index is 2.02. The lowest BCUT2D eigenvalue weighted by atomic mass is 10.1. The van der Waals surface area contributed by atoms with E-state index in [-0.39, 0.29) is 11.2 Å². The van der Waals surface area contributed by atoms with Gasteiger partial charge in [0, 0.05) is 25.7 Å². The maximum Gasteiger partial charge on any atom is 0.330 e. The zero-order valence-corrected chi connectivity index (χ0v) is 16.2. The Morgan fingerprint density at radius 1 is 0.724 bits per heavy atom. The predicted octanol–water partition coefficient (Wildman–Crippen LogP) is 3.85. The van der Waals surface area contributed by atoms with Crippen LogP contribution in [0.25, 0.3) is 38.6 Å². The first kappa shape index (κ1) is 17.3. The molecule has 0 saturated carbocycles. The van der Waals surface area contributed by atoms with Crippen molar-refractivity contribution in [2.45, 2.75) is 0 Å². The van der Waals surface area contributed by atoms with Crippen LogP contribution in [0.2, 0.25) is 0 Å². The summed E-state index contributed by atoms with van der Waals surface area (Å²) in [5.74, 6) is 0. The molecule has 5 rings (SSSR count). The van der Waals surface area contributed by atoms with Crippen molar-refractivity contribution >= 4 is 21.7 Å². The molecule has 0 aliphatic heterocycles. The summed E-state index contributed by atoms with van der Waals surface area (Å²) in [5.41, 5.74) is 2.66. The van der Waals surface area contributed by atoms with Crippen LogP contribution in [-0.2, 0) is 14.1 Å². The van der Waals surface area contributed by atoms with Gasteiger partial charge in [0.1, 0.15) is 0 Å². The second-order valence-corrected chi connectivity index (χ2v) is 7.18. The second kappa shape index (κ2) is 6.34. The van der Waals surface area contributed by atoms with Crippen molar-refractivity contribution < 1.29 is 0 Å². The van der Waals surface area contributed by atoms with Crippen molar-refractivity contribution in [1.29, 1.82) is 0 Å². The first-order chi connectivity index (χ1) is 14.1. The van der Waals surface area contributed by atoms with Gasteiger partial charge in [0.25, 0.3) is 5.56 Å². The Hall–Kier alpha value is -3.86. The minimum Gasteiger partial charge on any atom is -0.313 e. The molecule has 0 aliphatic carbocycles. The molecule has 0 unspecified atom stereocenters. The van der Waals surface area contributed by atoms with Crippen LogP contribution in [0, 0.1) is 0 Å². The predicted molar refractivity (Wildman–Crippen MR) is 117 cm³/mol. The van der Waals surface area contributed by atoms with Gasteiger partial charge in [0.15, 0.2) is 0 Å². The van der Waals surface area contributed by atoms with E-state index in [0.29, 0.717) is 10.9 Å². The fourth-order valence-corrected chi connectivity index (χ4v) is 4.03. The molecule has 0 N–H and O–H groups in total. The Morgan fingerprint density at radius 2 is 1.41 bits per heavy atom.